The Balaban J connectivity index is 1.72. The molecule has 0 amide bonds. The molecule has 1 heterocycles. The number of hydrogen-bond acceptors (Lipinski definition) is 10. The van der Waals surface area contributed by atoms with Crippen LogP contribution in [0.2, 0.25) is 0 Å². The smallest absolute Gasteiger partial charge is 0.306 e. The molecule has 2 aromatic carbocycles. The van der Waals surface area contributed by atoms with E-state index in [9.17, 15) is 24.0 Å². The van der Waals surface area contributed by atoms with Crippen LogP contribution in [0.4, 0.5) is 0 Å². The second-order valence-corrected chi connectivity index (χ2v) is 11.3. The zero-order valence-electron chi connectivity index (χ0n) is 26.9. The summed E-state index contributed by atoms with van der Waals surface area (Å²) in [5.41, 5.74) is 2.11. The van der Waals surface area contributed by atoms with E-state index < -0.39 is 55.2 Å². The number of Topliss-reactive ketones (excluding diaryl/α,β-unsaturated/α-hetero) is 2. The number of hydrogen-bond donors (Lipinski definition) is 0. The van der Waals surface area contributed by atoms with Crippen LogP contribution in [-0.4, -0.2) is 66.8 Å². The van der Waals surface area contributed by atoms with Crippen molar-refractivity contribution >= 4 is 29.5 Å². The lowest BCUT2D eigenvalue weighted by atomic mass is 9.83. The summed E-state index contributed by atoms with van der Waals surface area (Å²) in [4.78, 5) is 63.2. The fourth-order valence-corrected chi connectivity index (χ4v) is 5.20. The minimum Gasteiger partial charge on any atom is -0.455 e. The van der Waals surface area contributed by atoms with Crippen molar-refractivity contribution in [1.29, 1.82) is 0 Å². The molecule has 0 radical (unpaired) electrons. The Morgan fingerprint density at radius 2 is 1.27 bits per heavy atom. The summed E-state index contributed by atoms with van der Waals surface area (Å²) in [5, 5.41) is 0. The third-order valence-electron chi connectivity index (χ3n) is 7.60. The molecule has 2 aromatic rings. The zero-order chi connectivity index (χ0) is 33.1. The Morgan fingerprint density at radius 3 is 1.80 bits per heavy atom. The van der Waals surface area contributed by atoms with Gasteiger partial charge in [-0.1, -0.05) is 89.2 Å². The summed E-state index contributed by atoms with van der Waals surface area (Å²) < 4.78 is 28.4. The molecule has 244 valence electrons. The summed E-state index contributed by atoms with van der Waals surface area (Å²) in [6.07, 6.45) is -5.32. The van der Waals surface area contributed by atoms with Crippen LogP contribution in [0.25, 0.3) is 0 Å². The van der Waals surface area contributed by atoms with E-state index in [1.165, 1.54) is 0 Å². The molecule has 0 aliphatic carbocycles. The molecule has 0 bridgehead atoms. The van der Waals surface area contributed by atoms with Gasteiger partial charge in [-0.25, -0.2) is 0 Å². The number of ketones is 2. The lowest BCUT2D eigenvalue weighted by Crippen LogP contribution is -2.61. The SMILES string of the molecule is CCC(=O)O[C@H]1[C@H](OC(=O)CC)[C@H](OCC(=O)c2ccc(CC(=O)[C@H](c3ccccc3)C(C)C)cc2)O[C@@H](C)[C@H]1OC(=O)CC. The van der Waals surface area contributed by atoms with Gasteiger partial charge in [0, 0.05) is 37.2 Å². The van der Waals surface area contributed by atoms with E-state index in [2.05, 4.69) is 0 Å². The molecule has 0 aromatic heterocycles. The monoisotopic (exact) mass is 624 g/mol. The van der Waals surface area contributed by atoms with Gasteiger partial charge in [0.15, 0.2) is 30.4 Å². The van der Waals surface area contributed by atoms with Crippen molar-refractivity contribution in [3.8, 4) is 0 Å². The Labute approximate surface area is 264 Å². The van der Waals surface area contributed by atoms with Crippen molar-refractivity contribution < 1.29 is 47.7 Å². The van der Waals surface area contributed by atoms with Gasteiger partial charge in [0.25, 0.3) is 0 Å². The topological polar surface area (TPSA) is 132 Å². The van der Waals surface area contributed by atoms with Crippen molar-refractivity contribution in [2.75, 3.05) is 6.61 Å². The van der Waals surface area contributed by atoms with Gasteiger partial charge in [-0.05, 0) is 24.0 Å². The summed E-state index contributed by atoms with van der Waals surface area (Å²) in [6, 6.07) is 16.4. The fraction of sp³-hybridized carbons (Fsp3) is 0.514. The molecule has 1 aliphatic rings. The average molecular weight is 625 g/mol. The van der Waals surface area contributed by atoms with Crippen molar-refractivity contribution in [3.05, 3.63) is 71.3 Å². The van der Waals surface area contributed by atoms with Crippen molar-refractivity contribution in [2.24, 2.45) is 5.92 Å². The van der Waals surface area contributed by atoms with Gasteiger partial charge < -0.3 is 23.7 Å². The molecular weight excluding hydrogens is 580 g/mol. The number of ether oxygens (including phenoxy) is 5. The summed E-state index contributed by atoms with van der Waals surface area (Å²) in [7, 11) is 0. The molecule has 0 spiro atoms. The Morgan fingerprint density at radius 1 is 0.733 bits per heavy atom. The highest BCUT2D eigenvalue weighted by Crippen LogP contribution is 2.30. The maximum Gasteiger partial charge on any atom is 0.306 e. The molecule has 1 saturated heterocycles. The minimum atomic E-state index is -1.29. The predicted molar refractivity (Wildman–Crippen MR) is 164 cm³/mol. The van der Waals surface area contributed by atoms with Gasteiger partial charge in [0.1, 0.15) is 12.4 Å². The normalized spacial score (nSPS) is 21.9. The Hall–Kier alpha value is -3.89. The number of esters is 3. The molecule has 1 fully saturated rings. The molecule has 0 unspecified atom stereocenters. The number of benzene rings is 2. The quantitative estimate of drug-likeness (QED) is 0.149. The molecule has 1 aliphatic heterocycles. The molecule has 0 N–H and O–H groups in total. The van der Waals surface area contributed by atoms with Crippen LogP contribution in [-0.2, 0) is 49.3 Å². The number of rotatable bonds is 15. The Bertz CT molecular complexity index is 1300. The molecular formula is C35H44O10. The standard InChI is InChI=1S/C35H44O10/c1-7-28(38)43-32-22(6)42-35(34(45-30(40)9-3)33(32)44-29(39)8-2)41-20-27(37)24-17-15-23(16-18-24)19-26(36)31(21(4)5)25-13-11-10-12-14-25/h10-18,21-22,31-35H,7-9,19-20H2,1-6H3/t22-,31-,32+,33+,34-,35+/m0/s1. The van der Waals surface area contributed by atoms with Crippen LogP contribution in [0.1, 0.15) is 88.2 Å². The number of carbonyl (C=O) groups is 5. The fourth-order valence-electron chi connectivity index (χ4n) is 5.20. The van der Waals surface area contributed by atoms with Crippen molar-refractivity contribution in [2.45, 2.75) is 104 Å². The lowest BCUT2D eigenvalue weighted by Gasteiger charge is -2.43. The van der Waals surface area contributed by atoms with Crippen LogP contribution in [0, 0.1) is 5.92 Å². The van der Waals surface area contributed by atoms with Gasteiger partial charge in [-0.2, -0.15) is 0 Å². The van der Waals surface area contributed by atoms with Crippen LogP contribution in [0.3, 0.4) is 0 Å². The summed E-state index contributed by atoms with van der Waals surface area (Å²) in [5.74, 6) is -2.16. The van der Waals surface area contributed by atoms with E-state index in [1.54, 1.807) is 52.0 Å². The van der Waals surface area contributed by atoms with Crippen LogP contribution in [0.15, 0.2) is 54.6 Å². The highest BCUT2D eigenvalue weighted by molar-refractivity contribution is 5.97. The second kappa shape index (κ2) is 17.0. The predicted octanol–water partition coefficient (Wildman–Crippen LogP) is 5.15. The third-order valence-corrected chi connectivity index (χ3v) is 7.60. The van der Waals surface area contributed by atoms with E-state index in [-0.39, 0.29) is 49.1 Å². The van der Waals surface area contributed by atoms with Gasteiger partial charge >= 0.3 is 17.9 Å². The van der Waals surface area contributed by atoms with E-state index >= 15 is 0 Å². The summed E-state index contributed by atoms with van der Waals surface area (Å²) in [6.45, 7) is 10.0. The van der Waals surface area contributed by atoms with E-state index in [0.717, 1.165) is 11.1 Å². The van der Waals surface area contributed by atoms with Crippen LogP contribution < -0.4 is 0 Å². The maximum atomic E-state index is 13.2. The third kappa shape index (κ3) is 9.80. The first-order valence-corrected chi connectivity index (χ1v) is 15.5. The largest absolute Gasteiger partial charge is 0.455 e. The van der Waals surface area contributed by atoms with E-state index in [4.69, 9.17) is 23.7 Å². The highest BCUT2D eigenvalue weighted by Gasteiger charge is 2.51. The number of carbonyl (C=O) groups excluding carboxylic acids is 5. The summed E-state index contributed by atoms with van der Waals surface area (Å²) >= 11 is 0. The van der Waals surface area contributed by atoms with E-state index in [1.807, 2.05) is 44.2 Å². The van der Waals surface area contributed by atoms with Gasteiger partial charge in [0.05, 0.1) is 6.10 Å². The van der Waals surface area contributed by atoms with Crippen LogP contribution >= 0.6 is 0 Å². The zero-order valence-corrected chi connectivity index (χ0v) is 26.9. The molecule has 10 nitrogen and oxygen atoms in total. The lowest BCUT2D eigenvalue weighted by molar-refractivity contribution is -0.299. The molecule has 0 saturated carbocycles. The van der Waals surface area contributed by atoms with Crippen molar-refractivity contribution in [3.63, 3.8) is 0 Å². The van der Waals surface area contributed by atoms with Crippen molar-refractivity contribution in [1.82, 2.24) is 0 Å². The first kappa shape index (κ1) is 35.6. The van der Waals surface area contributed by atoms with E-state index in [0.29, 0.717) is 5.56 Å². The highest BCUT2D eigenvalue weighted by atomic mass is 16.7. The molecule has 3 rings (SSSR count). The molecule has 45 heavy (non-hydrogen) atoms. The van der Waals surface area contributed by atoms with Gasteiger partial charge in [0.2, 0.25) is 0 Å². The molecule has 6 atom stereocenters. The molecule has 10 heteroatoms. The second-order valence-electron chi connectivity index (χ2n) is 11.3. The first-order valence-electron chi connectivity index (χ1n) is 15.5. The van der Waals surface area contributed by atoms with Gasteiger partial charge in [-0.15, -0.1) is 0 Å². The van der Waals surface area contributed by atoms with Gasteiger partial charge in [-0.3, -0.25) is 24.0 Å². The maximum absolute atomic E-state index is 13.2. The minimum absolute atomic E-state index is 0.0175. The average Bonchev–Trinajstić information content (AvgIpc) is 3.03. The first-order chi connectivity index (χ1) is 21.5. The Kier molecular flexibility index (Phi) is 13.4. The van der Waals surface area contributed by atoms with Crippen LogP contribution in [0.5, 0.6) is 0 Å².